The molecule has 0 saturated carbocycles. The third-order valence-corrected chi connectivity index (χ3v) is 7.15. The Hall–Kier alpha value is -1.54. The second-order valence-corrected chi connectivity index (χ2v) is 10.6. The van der Waals surface area contributed by atoms with Crippen molar-refractivity contribution in [2.24, 2.45) is 5.10 Å². The first kappa shape index (κ1) is 26.1. The maximum Gasteiger partial charge on any atom is 0.346 e. The number of aromatic nitrogens is 2. The van der Waals surface area contributed by atoms with Gasteiger partial charge in [0.2, 0.25) is 0 Å². The van der Waals surface area contributed by atoms with Crippen LogP contribution in [0.1, 0.15) is 44.5 Å². The van der Waals surface area contributed by atoms with E-state index in [1.165, 1.54) is 11.8 Å². The summed E-state index contributed by atoms with van der Waals surface area (Å²) in [6.45, 7) is 5.72. The number of hydrogen-bond donors (Lipinski definition) is 0. The van der Waals surface area contributed by atoms with Crippen LogP contribution in [0.4, 0.5) is 0 Å². The van der Waals surface area contributed by atoms with Gasteiger partial charge in [0.05, 0.1) is 31.4 Å². The number of esters is 1. The summed E-state index contributed by atoms with van der Waals surface area (Å²) >= 11 is 7.72. The summed E-state index contributed by atoms with van der Waals surface area (Å²) in [5.74, 6) is 0.823. The first-order valence-electron chi connectivity index (χ1n) is 10.2. The van der Waals surface area contributed by atoms with Crippen molar-refractivity contribution in [1.29, 1.82) is 0 Å². The second-order valence-electron chi connectivity index (χ2n) is 7.40. The molecule has 0 radical (unpaired) electrons. The molecular formula is C23H22BrI2N3O4. The number of benzene rings is 2. The molecule has 174 valence electrons. The fourth-order valence-corrected chi connectivity index (χ4v) is 5.49. The normalized spacial score (nSPS) is 13.3. The van der Waals surface area contributed by atoms with Gasteiger partial charge < -0.3 is 9.47 Å². The monoisotopic (exact) mass is 737 g/mol. The third-order valence-electron chi connectivity index (χ3n) is 5.06. The largest absolute Gasteiger partial charge is 0.477 e. The molecule has 0 aliphatic carbocycles. The number of carbonyl (C=O) groups is 1. The van der Waals surface area contributed by atoms with Crippen LogP contribution in [0.2, 0.25) is 0 Å². The minimum Gasteiger partial charge on any atom is -0.477 e. The fourth-order valence-electron chi connectivity index (χ4n) is 3.06. The summed E-state index contributed by atoms with van der Waals surface area (Å²) in [4.78, 5) is 29.7. The number of ether oxygens (including phenoxy) is 2. The van der Waals surface area contributed by atoms with Crippen LogP contribution in [0.5, 0.6) is 5.75 Å². The molecule has 0 aliphatic rings. The lowest BCUT2D eigenvalue weighted by Gasteiger charge is -2.16. The first-order chi connectivity index (χ1) is 15.7. The van der Waals surface area contributed by atoms with Gasteiger partial charge in [-0.25, -0.2) is 9.78 Å². The Morgan fingerprint density at radius 2 is 1.91 bits per heavy atom. The van der Waals surface area contributed by atoms with Crippen molar-refractivity contribution in [3.8, 4) is 5.75 Å². The Morgan fingerprint density at radius 3 is 2.52 bits per heavy atom. The Balaban J connectivity index is 2.04. The van der Waals surface area contributed by atoms with E-state index in [2.05, 4.69) is 73.1 Å². The summed E-state index contributed by atoms with van der Waals surface area (Å²) in [6.07, 6.45) is 1.73. The zero-order valence-electron chi connectivity index (χ0n) is 18.4. The minimum atomic E-state index is -0.726. The van der Waals surface area contributed by atoms with Gasteiger partial charge in [-0.05, 0) is 94.4 Å². The van der Waals surface area contributed by atoms with Crippen molar-refractivity contribution in [1.82, 2.24) is 9.66 Å². The molecule has 0 aliphatic heterocycles. The Morgan fingerprint density at radius 1 is 1.24 bits per heavy atom. The summed E-state index contributed by atoms with van der Waals surface area (Å²) < 4.78 is 14.3. The van der Waals surface area contributed by atoms with E-state index in [4.69, 9.17) is 14.5 Å². The van der Waals surface area contributed by atoms with E-state index in [9.17, 15) is 9.59 Å². The number of nitrogens with zero attached hydrogens (tertiary/aromatic N) is 3. The van der Waals surface area contributed by atoms with Gasteiger partial charge in [-0.3, -0.25) is 4.79 Å². The molecule has 0 saturated heterocycles. The summed E-state index contributed by atoms with van der Waals surface area (Å²) in [5, 5.41) is 5.02. The highest BCUT2D eigenvalue weighted by atomic mass is 127. The minimum absolute atomic E-state index is 0.0544. The van der Waals surface area contributed by atoms with Gasteiger partial charge in [0, 0.05) is 10.4 Å². The smallest absolute Gasteiger partial charge is 0.346 e. The van der Waals surface area contributed by atoms with E-state index < -0.39 is 12.1 Å². The van der Waals surface area contributed by atoms with Crippen LogP contribution < -0.4 is 10.3 Å². The molecule has 3 rings (SSSR count). The summed E-state index contributed by atoms with van der Waals surface area (Å²) in [5.41, 5.74) is 1.22. The van der Waals surface area contributed by atoms with Gasteiger partial charge in [-0.1, -0.05) is 29.8 Å². The van der Waals surface area contributed by atoms with Crippen LogP contribution in [-0.4, -0.2) is 35.1 Å². The molecule has 0 fully saturated rings. The summed E-state index contributed by atoms with van der Waals surface area (Å²) in [7, 11) is 1.33. The van der Waals surface area contributed by atoms with Crippen molar-refractivity contribution in [3.05, 3.63) is 63.7 Å². The highest BCUT2D eigenvalue weighted by Gasteiger charge is 2.19. The lowest BCUT2D eigenvalue weighted by Crippen LogP contribution is -2.25. The van der Waals surface area contributed by atoms with Gasteiger partial charge in [0.25, 0.3) is 5.56 Å². The van der Waals surface area contributed by atoms with Crippen molar-refractivity contribution >= 4 is 84.2 Å². The first-order valence-corrected chi connectivity index (χ1v) is 13.1. The SMILES string of the molecule is CC[C@H](C)c1nc2ccc(Br)cc2c(=O)n1N=Cc1cc(I)c(O[C@H](C)C(=O)OC)c(I)c1. The molecule has 10 heteroatoms. The number of fused-ring (bicyclic) bond motifs is 1. The number of hydrogen-bond acceptors (Lipinski definition) is 6. The molecule has 1 aromatic heterocycles. The molecule has 0 N–H and O–H groups in total. The average molecular weight is 738 g/mol. The highest BCUT2D eigenvalue weighted by molar-refractivity contribution is 14.1. The third kappa shape index (κ3) is 5.94. The van der Waals surface area contributed by atoms with Crippen molar-refractivity contribution < 1.29 is 14.3 Å². The molecule has 2 atom stereocenters. The molecule has 0 bridgehead atoms. The van der Waals surface area contributed by atoms with Crippen LogP contribution in [0.3, 0.4) is 0 Å². The van der Waals surface area contributed by atoms with Crippen LogP contribution in [-0.2, 0) is 9.53 Å². The molecular weight excluding hydrogens is 716 g/mol. The van der Waals surface area contributed by atoms with E-state index >= 15 is 0 Å². The van der Waals surface area contributed by atoms with E-state index in [0.717, 1.165) is 23.6 Å². The number of methoxy groups -OCH3 is 1. The van der Waals surface area contributed by atoms with E-state index in [1.54, 1.807) is 19.2 Å². The topological polar surface area (TPSA) is 82.8 Å². The molecule has 2 aromatic carbocycles. The van der Waals surface area contributed by atoms with Crippen LogP contribution in [0.25, 0.3) is 10.9 Å². The Kier molecular flexibility index (Phi) is 8.89. The van der Waals surface area contributed by atoms with Crippen LogP contribution in [0, 0.1) is 7.14 Å². The van der Waals surface area contributed by atoms with Gasteiger partial charge in [-0.15, -0.1) is 0 Å². The molecule has 3 aromatic rings. The molecule has 0 spiro atoms. The molecule has 1 heterocycles. The molecule has 7 nitrogen and oxygen atoms in total. The van der Waals surface area contributed by atoms with Gasteiger partial charge in [-0.2, -0.15) is 9.78 Å². The Labute approximate surface area is 227 Å². The lowest BCUT2D eigenvalue weighted by molar-refractivity contribution is -0.147. The zero-order chi connectivity index (χ0) is 24.3. The fraction of sp³-hybridized carbons (Fsp3) is 0.304. The maximum absolute atomic E-state index is 13.3. The van der Waals surface area contributed by atoms with E-state index in [0.29, 0.717) is 22.5 Å². The predicted octanol–water partition coefficient (Wildman–Crippen LogP) is 5.70. The molecule has 33 heavy (non-hydrogen) atoms. The van der Waals surface area contributed by atoms with E-state index in [-0.39, 0.29) is 11.5 Å². The summed E-state index contributed by atoms with van der Waals surface area (Å²) in [6, 6.07) is 9.23. The van der Waals surface area contributed by atoms with Crippen LogP contribution >= 0.6 is 61.1 Å². The van der Waals surface area contributed by atoms with E-state index in [1.807, 2.05) is 31.2 Å². The zero-order valence-corrected chi connectivity index (χ0v) is 24.3. The Bertz CT molecular complexity index is 1270. The van der Waals surface area contributed by atoms with Crippen molar-refractivity contribution in [2.75, 3.05) is 7.11 Å². The van der Waals surface area contributed by atoms with Gasteiger partial charge in [0.1, 0.15) is 11.6 Å². The quantitative estimate of drug-likeness (QED) is 0.177. The average Bonchev–Trinajstić information content (AvgIpc) is 2.79. The molecule has 0 amide bonds. The maximum atomic E-state index is 13.3. The highest BCUT2D eigenvalue weighted by Crippen LogP contribution is 2.30. The van der Waals surface area contributed by atoms with Crippen molar-refractivity contribution in [3.63, 3.8) is 0 Å². The molecule has 0 unspecified atom stereocenters. The standard InChI is InChI=1S/C23H22BrI2N3O4/c1-5-12(2)21-28-19-7-6-15(24)10-16(19)22(30)29(21)27-11-14-8-17(25)20(18(26)9-14)33-13(3)23(31)32-4/h6-13H,5H2,1-4H3/t12-,13+/m0/s1. The number of carbonyl (C=O) groups excluding carboxylic acids is 1. The number of halogens is 3. The van der Waals surface area contributed by atoms with Gasteiger partial charge in [0.15, 0.2) is 6.10 Å². The predicted molar refractivity (Wildman–Crippen MR) is 149 cm³/mol. The van der Waals surface area contributed by atoms with Crippen molar-refractivity contribution in [2.45, 2.75) is 39.2 Å². The van der Waals surface area contributed by atoms with Crippen LogP contribution in [0.15, 0.2) is 44.7 Å². The number of rotatable bonds is 7. The second kappa shape index (κ2) is 11.3. The lowest BCUT2D eigenvalue weighted by atomic mass is 10.1. The van der Waals surface area contributed by atoms with Gasteiger partial charge >= 0.3 is 5.97 Å².